The number of carbonyl (C=O) groups excluding carboxylic acids is 1. The number of hydrogen-bond acceptors (Lipinski definition) is 4. The van der Waals surface area contributed by atoms with Crippen molar-refractivity contribution in [3.05, 3.63) is 35.4 Å². The van der Waals surface area contributed by atoms with Crippen molar-refractivity contribution in [2.75, 3.05) is 53.0 Å². The molecule has 5 nitrogen and oxygen atoms in total. The van der Waals surface area contributed by atoms with Crippen molar-refractivity contribution in [1.82, 2.24) is 14.7 Å². The van der Waals surface area contributed by atoms with Crippen LogP contribution in [-0.2, 0) is 22.5 Å². The van der Waals surface area contributed by atoms with Crippen LogP contribution in [-0.4, -0.2) is 79.6 Å². The number of ether oxygens (including phenoxy) is 1. The number of amides is 1. The van der Waals surface area contributed by atoms with Gasteiger partial charge in [0, 0.05) is 52.4 Å². The summed E-state index contributed by atoms with van der Waals surface area (Å²) in [5.74, 6) is 0.273. The lowest BCUT2D eigenvalue weighted by Gasteiger charge is -2.41. The smallest absolute Gasteiger partial charge is 0.237 e. The Morgan fingerprint density at radius 2 is 2.00 bits per heavy atom. The van der Waals surface area contributed by atoms with E-state index in [4.69, 9.17) is 4.74 Å². The average Bonchev–Trinajstić information content (AvgIpc) is 2.66. The molecule has 1 fully saturated rings. The fourth-order valence-electron chi connectivity index (χ4n) is 3.99. The predicted octanol–water partition coefficient (Wildman–Crippen LogP) is 1.61. The molecule has 2 aliphatic heterocycles. The molecule has 1 unspecified atom stereocenters. The van der Waals surface area contributed by atoms with Gasteiger partial charge in [-0.25, -0.2) is 0 Å². The van der Waals surface area contributed by atoms with E-state index in [-0.39, 0.29) is 5.91 Å². The van der Waals surface area contributed by atoms with Crippen LogP contribution in [0.1, 0.15) is 24.5 Å². The lowest BCUT2D eigenvalue weighted by atomic mass is 10.00. The van der Waals surface area contributed by atoms with E-state index in [0.717, 1.165) is 58.7 Å². The molecule has 0 radical (unpaired) electrons. The number of piperazine rings is 1. The molecule has 1 atom stereocenters. The molecule has 5 heteroatoms. The van der Waals surface area contributed by atoms with Gasteiger partial charge in [0.25, 0.3) is 0 Å². The Morgan fingerprint density at radius 1 is 1.20 bits per heavy atom. The number of methoxy groups -OCH3 is 1. The van der Waals surface area contributed by atoms with Gasteiger partial charge in [-0.05, 0) is 24.0 Å². The van der Waals surface area contributed by atoms with Crippen LogP contribution in [0.5, 0.6) is 0 Å². The highest BCUT2D eigenvalue weighted by molar-refractivity contribution is 5.78. The summed E-state index contributed by atoms with van der Waals surface area (Å²) >= 11 is 0. The maximum Gasteiger partial charge on any atom is 0.237 e. The van der Waals surface area contributed by atoms with Gasteiger partial charge in [0.05, 0.1) is 13.2 Å². The summed E-state index contributed by atoms with van der Waals surface area (Å²) < 4.78 is 5.22. The third-order valence-electron chi connectivity index (χ3n) is 5.58. The highest BCUT2D eigenvalue weighted by Gasteiger charge is 2.28. The van der Waals surface area contributed by atoms with Gasteiger partial charge in [-0.3, -0.25) is 14.6 Å². The quantitative estimate of drug-likeness (QED) is 0.785. The molecule has 2 aliphatic rings. The largest absolute Gasteiger partial charge is 0.383 e. The van der Waals surface area contributed by atoms with Crippen molar-refractivity contribution < 1.29 is 9.53 Å². The van der Waals surface area contributed by atoms with E-state index < -0.39 is 0 Å². The summed E-state index contributed by atoms with van der Waals surface area (Å²) in [6.45, 7) is 9.14. The monoisotopic (exact) mass is 345 g/mol. The van der Waals surface area contributed by atoms with Crippen LogP contribution in [0.3, 0.4) is 0 Å². The minimum absolute atomic E-state index is 0.273. The van der Waals surface area contributed by atoms with Crippen LogP contribution in [0.15, 0.2) is 24.3 Å². The maximum absolute atomic E-state index is 12.8. The molecule has 0 saturated carbocycles. The van der Waals surface area contributed by atoms with E-state index in [9.17, 15) is 4.79 Å². The molecule has 3 rings (SSSR count). The molecule has 138 valence electrons. The van der Waals surface area contributed by atoms with Crippen molar-refractivity contribution >= 4 is 5.91 Å². The molecule has 0 aliphatic carbocycles. The number of rotatable bonds is 6. The fourth-order valence-corrected chi connectivity index (χ4v) is 3.99. The van der Waals surface area contributed by atoms with Crippen molar-refractivity contribution in [2.45, 2.75) is 32.4 Å². The van der Waals surface area contributed by atoms with Crippen molar-refractivity contribution in [2.24, 2.45) is 0 Å². The Balaban J connectivity index is 1.52. The first-order chi connectivity index (χ1) is 12.2. The Bertz CT molecular complexity index is 578. The van der Waals surface area contributed by atoms with Crippen LogP contribution in [0.4, 0.5) is 0 Å². The average molecular weight is 345 g/mol. The molecule has 0 spiro atoms. The van der Waals surface area contributed by atoms with Crippen LogP contribution >= 0.6 is 0 Å². The van der Waals surface area contributed by atoms with Crippen molar-refractivity contribution in [3.8, 4) is 0 Å². The van der Waals surface area contributed by atoms with E-state index in [1.807, 2.05) is 4.90 Å². The van der Waals surface area contributed by atoms with Gasteiger partial charge in [-0.2, -0.15) is 0 Å². The third-order valence-corrected chi connectivity index (χ3v) is 5.58. The van der Waals surface area contributed by atoms with Gasteiger partial charge >= 0.3 is 0 Å². The normalized spacial score (nSPS) is 22.0. The Kier molecular flexibility index (Phi) is 6.45. The van der Waals surface area contributed by atoms with Crippen LogP contribution in [0.2, 0.25) is 0 Å². The maximum atomic E-state index is 12.8. The van der Waals surface area contributed by atoms with Gasteiger partial charge in [-0.1, -0.05) is 31.2 Å². The summed E-state index contributed by atoms with van der Waals surface area (Å²) in [4.78, 5) is 19.6. The minimum atomic E-state index is 0.273. The summed E-state index contributed by atoms with van der Waals surface area (Å²) in [7, 11) is 1.76. The highest BCUT2D eigenvalue weighted by atomic mass is 16.5. The van der Waals surface area contributed by atoms with Gasteiger partial charge in [0.1, 0.15) is 0 Å². The minimum Gasteiger partial charge on any atom is -0.383 e. The molecule has 0 bridgehead atoms. The van der Waals surface area contributed by atoms with E-state index in [1.165, 1.54) is 11.1 Å². The summed E-state index contributed by atoms with van der Waals surface area (Å²) in [6.07, 6.45) is 2.09. The molecule has 1 saturated heterocycles. The van der Waals surface area contributed by atoms with Gasteiger partial charge in [0.2, 0.25) is 5.91 Å². The van der Waals surface area contributed by atoms with Gasteiger partial charge in [-0.15, -0.1) is 0 Å². The Hall–Kier alpha value is -1.43. The first-order valence-electron chi connectivity index (χ1n) is 9.51. The lowest BCUT2D eigenvalue weighted by molar-refractivity contribution is -0.134. The topological polar surface area (TPSA) is 36.0 Å². The second-order valence-electron chi connectivity index (χ2n) is 7.16. The number of carbonyl (C=O) groups is 1. The Morgan fingerprint density at radius 3 is 2.76 bits per heavy atom. The fraction of sp³-hybridized carbons (Fsp3) is 0.650. The number of hydrogen-bond donors (Lipinski definition) is 0. The third kappa shape index (κ3) is 4.60. The van der Waals surface area contributed by atoms with E-state index in [1.54, 1.807) is 7.11 Å². The van der Waals surface area contributed by atoms with Crippen LogP contribution in [0, 0.1) is 0 Å². The summed E-state index contributed by atoms with van der Waals surface area (Å²) in [5.41, 5.74) is 2.70. The molecule has 0 N–H and O–H groups in total. The standard InChI is InChI=1S/C20H31N3O2/c1-3-19-15-21(10-11-22(19)12-13-25-2)16-20(24)23-9-8-17-6-4-5-7-18(17)14-23/h4-7,19H,3,8-16H2,1-2H3. The van der Waals surface area contributed by atoms with Gasteiger partial charge < -0.3 is 9.64 Å². The van der Waals surface area contributed by atoms with Crippen molar-refractivity contribution in [3.63, 3.8) is 0 Å². The zero-order chi connectivity index (χ0) is 17.6. The molecular weight excluding hydrogens is 314 g/mol. The van der Waals surface area contributed by atoms with Gasteiger partial charge in [0.15, 0.2) is 0 Å². The number of fused-ring (bicyclic) bond motifs is 1. The summed E-state index contributed by atoms with van der Waals surface area (Å²) in [5, 5.41) is 0. The summed E-state index contributed by atoms with van der Waals surface area (Å²) in [6, 6.07) is 9.01. The van der Waals surface area contributed by atoms with Crippen molar-refractivity contribution in [1.29, 1.82) is 0 Å². The van der Waals surface area contributed by atoms with Crippen LogP contribution < -0.4 is 0 Å². The first-order valence-corrected chi connectivity index (χ1v) is 9.51. The second kappa shape index (κ2) is 8.79. The zero-order valence-corrected chi connectivity index (χ0v) is 15.6. The highest BCUT2D eigenvalue weighted by Crippen LogP contribution is 2.19. The number of benzene rings is 1. The van der Waals surface area contributed by atoms with E-state index >= 15 is 0 Å². The molecule has 1 amide bonds. The predicted molar refractivity (Wildman–Crippen MR) is 99.5 cm³/mol. The van der Waals surface area contributed by atoms with Crippen LogP contribution in [0.25, 0.3) is 0 Å². The Labute approximate surface area is 151 Å². The van der Waals surface area contributed by atoms with E-state index in [0.29, 0.717) is 12.6 Å². The molecule has 2 heterocycles. The zero-order valence-electron chi connectivity index (χ0n) is 15.6. The molecule has 25 heavy (non-hydrogen) atoms. The second-order valence-corrected chi connectivity index (χ2v) is 7.16. The molecule has 1 aromatic rings. The molecule has 0 aromatic heterocycles. The SMILES string of the molecule is CCC1CN(CC(=O)N2CCc3ccccc3C2)CCN1CCOC. The molecule has 1 aromatic carbocycles. The van der Waals surface area contributed by atoms with E-state index in [2.05, 4.69) is 41.0 Å². The molecular formula is C20H31N3O2. The number of nitrogens with zero attached hydrogens (tertiary/aromatic N) is 3. The first kappa shape index (κ1) is 18.4. The lowest BCUT2D eigenvalue weighted by Crippen LogP contribution is -2.55.